The number of hydrogen-bond donors (Lipinski definition) is 3. The Balaban J connectivity index is 2.82. The molecule has 5 N–H and O–H groups in total. The Morgan fingerprint density at radius 1 is 1.56 bits per heavy atom. The number of nitrogens with one attached hydrogen (secondary N) is 1. The Kier molecular flexibility index (Phi) is 1.22. The fourth-order valence-electron chi connectivity index (χ4n) is 0.567. The van der Waals surface area contributed by atoms with Crippen LogP contribution in [0.1, 0.15) is 0 Å². The average Bonchev–Trinajstić information content (AvgIpc) is 1.80. The first-order chi connectivity index (χ1) is 4.20. The van der Waals surface area contributed by atoms with Gasteiger partial charge in [0.15, 0.2) is 0 Å². The largest absolute Gasteiger partial charge is 0.400 e. The summed E-state index contributed by atoms with van der Waals surface area (Å²) < 4.78 is 0. The molecule has 0 amide bonds. The van der Waals surface area contributed by atoms with Gasteiger partial charge in [0, 0.05) is 5.70 Å². The Hall–Kier alpha value is -1.32. The topological polar surface area (TPSA) is 88.2 Å². The van der Waals surface area contributed by atoms with E-state index in [1.165, 1.54) is 6.08 Å². The minimum atomic E-state index is 0.207. The maximum absolute atomic E-state index is 7.11. The van der Waals surface area contributed by atoms with Gasteiger partial charge in [-0.2, -0.15) is 0 Å². The van der Waals surface area contributed by atoms with E-state index in [0.717, 1.165) is 0 Å². The zero-order chi connectivity index (χ0) is 6.85. The highest BCUT2D eigenvalue weighted by Crippen LogP contribution is 1.94. The van der Waals surface area contributed by atoms with Crippen molar-refractivity contribution in [2.75, 3.05) is 6.54 Å². The molecule has 0 radical (unpaired) electrons. The van der Waals surface area contributed by atoms with Crippen LogP contribution in [0.2, 0.25) is 0 Å². The van der Waals surface area contributed by atoms with Gasteiger partial charge in [-0.1, -0.05) is 0 Å². The molecule has 4 nitrogen and oxygen atoms in total. The van der Waals surface area contributed by atoms with Gasteiger partial charge in [0.1, 0.15) is 5.84 Å². The van der Waals surface area contributed by atoms with Crippen molar-refractivity contribution in [1.29, 1.82) is 5.41 Å². The second-order valence-corrected chi connectivity index (χ2v) is 1.83. The zero-order valence-corrected chi connectivity index (χ0v) is 4.89. The van der Waals surface area contributed by atoms with E-state index in [1.54, 1.807) is 0 Å². The fourth-order valence-corrected chi connectivity index (χ4v) is 0.567. The van der Waals surface area contributed by atoms with Crippen molar-refractivity contribution in [3.63, 3.8) is 0 Å². The molecule has 0 aromatic heterocycles. The van der Waals surface area contributed by atoms with E-state index in [0.29, 0.717) is 12.2 Å². The molecule has 0 unspecified atom stereocenters. The van der Waals surface area contributed by atoms with Crippen LogP contribution >= 0.6 is 0 Å². The van der Waals surface area contributed by atoms with Gasteiger partial charge in [-0.05, 0) is 6.08 Å². The van der Waals surface area contributed by atoms with E-state index in [4.69, 9.17) is 16.9 Å². The Morgan fingerprint density at radius 2 is 2.22 bits per heavy atom. The summed E-state index contributed by atoms with van der Waals surface area (Å²) in [5, 5.41) is 7.11. The van der Waals surface area contributed by atoms with Crippen molar-refractivity contribution in [2.45, 2.75) is 0 Å². The number of hydrogen-bond acceptors (Lipinski definition) is 4. The molecule has 4 heteroatoms. The van der Waals surface area contributed by atoms with Crippen LogP contribution in [0.25, 0.3) is 0 Å². The SMILES string of the molecule is N=C1C=C(N)CN=C1N. The van der Waals surface area contributed by atoms with Crippen molar-refractivity contribution in [3.8, 4) is 0 Å². The summed E-state index contributed by atoms with van der Waals surface area (Å²) >= 11 is 0. The number of amidine groups is 1. The van der Waals surface area contributed by atoms with Gasteiger partial charge >= 0.3 is 0 Å². The first-order valence-electron chi connectivity index (χ1n) is 2.55. The molecule has 1 heterocycles. The molecule has 0 aromatic rings. The average molecular weight is 124 g/mol. The fraction of sp³-hybridized carbons (Fsp3) is 0.200. The molecule has 1 aliphatic heterocycles. The lowest BCUT2D eigenvalue weighted by Crippen LogP contribution is -2.27. The lowest BCUT2D eigenvalue weighted by Gasteiger charge is -2.05. The van der Waals surface area contributed by atoms with Gasteiger partial charge in [0.05, 0.1) is 12.3 Å². The van der Waals surface area contributed by atoms with Crippen LogP contribution in [0, 0.1) is 5.41 Å². The van der Waals surface area contributed by atoms with Crippen LogP contribution in [-0.2, 0) is 0 Å². The zero-order valence-electron chi connectivity index (χ0n) is 4.89. The third kappa shape index (κ3) is 1.07. The van der Waals surface area contributed by atoms with Crippen LogP contribution in [0.15, 0.2) is 16.8 Å². The van der Waals surface area contributed by atoms with Crippen LogP contribution in [0.3, 0.4) is 0 Å². The standard InChI is InChI=1S/C5H8N4/c6-3-1-4(7)5(8)9-2-3/h1,7H,2,6H2,(H2,8,9). The summed E-state index contributed by atoms with van der Waals surface area (Å²) in [4.78, 5) is 3.77. The molecule has 0 spiro atoms. The monoisotopic (exact) mass is 124 g/mol. The van der Waals surface area contributed by atoms with Crippen LogP contribution in [-0.4, -0.2) is 18.1 Å². The highest BCUT2D eigenvalue weighted by Gasteiger charge is 2.04. The van der Waals surface area contributed by atoms with Gasteiger partial charge in [-0.3, -0.25) is 10.4 Å². The first kappa shape index (κ1) is 5.81. The lowest BCUT2D eigenvalue weighted by atomic mass is 10.2. The molecule has 0 atom stereocenters. The van der Waals surface area contributed by atoms with Crippen molar-refractivity contribution >= 4 is 11.5 Å². The molecule has 0 aromatic carbocycles. The highest BCUT2D eigenvalue weighted by molar-refractivity contribution is 6.44. The molecule has 1 rings (SSSR count). The summed E-state index contributed by atoms with van der Waals surface area (Å²) in [6, 6.07) is 0. The quantitative estimate of drug-likeness (QED) is 0.395. The van der Waals surface area contributed by atoms with E-state index in [1.807, 2.05) is 0 Å². The van der Waals surface area contributed by atoms with E-state index in [2.05, 4.69) is 4.99 Å². The molecule has 0 saturated carbocycles. The van der Waals surface area contributed by atoms with Crippen molar-refractivity contribution in [1.82, 2.24) is 0 Å². The van der Waals surface area contributed by atoms with Gasteiger partial charge < -0.3 is 11.5 Å². The highest BCUT2D eigenvalue weighted by atomic mass is 14.9. The smallest absolute Gasteiger partial charge is 0.144 e. The third-order valence-corrected chi connectivity index (χ3v) is 1.04. The Morgan fingerprint density at radius 3 is 2.67 bits per heavy atom. The maximum Gasteiger partial charge on any atom is 0.144 e. The minimum Gasteiger partial charge on any atom is -0.400 e. The summed E-state index contributed by atoms with van der Waals surface area (Å²) in [5.41, 5.74) is 11.4. The predicted molar refractivity (Wildman–Crippen MR) is 36.5 cm³/mol. The van der Waals surface area contributed by atoms with Crippen LogP contribution in [0.4, 0.5) is 0 Å². The minimum absolute atomic E-state index is 0.207. The number of dihydropyridines is 1. The Labute approximate surface area is 52.8 Å². The first-order valence-corrected chi connectivity index (χ1v) is 2.55. The predicted octanol–water partition coefficient (Wildman–Crippen LogP) is -0.780. The lowest BCUT2D eigenvalue weighted by molar-refractivity contribution is 1.09. The van der Waals surface area contributed by atoms with Crippen molar-refractivity contribution < 1.29 is 0 Å². The van der Waals surface area contributed by atoms with Crippen molar-refractivity contribution in [3.05, 3.63) is 11.8 Å². The number of nitrogens with two attached hydrogens (primary N) is 2. The second-order valence-electron chi connectivity index (χ2n) is 1.83. The number of nitrogens with zero attached hydrogens (tertiary/aromatic N) is 1. The molecule has 0 saturated heterocycles. The normalized spacial score (nSPS) is 18.9. The van der Waals surface area contributed by atoms with Gasteiger partial charge in [0.25, 0.3) is 0 Å². The second kappa shape index (κ2) is 1.89. The molecule has 0 aliphatic carbocycles. The molecular weight excluding hydrogens is 116 g/mol. The van der Waals surface area contributed by atoms with E-state index < -0.39 is 0 Å². The number of aliphatic imine (C=N–C) groups is 1. The van der Waals surface area contributed by atoms with Crippen LogP contribution < -0.4 is 11.5 Å². The van der Waals surface area contributed by atoms with E-state index in [-0.39, 0.29) is 11.5 Å². The van der Waals surface area contributed by atoms with Gasteiger partial charge in [-0.25, -0.2) is 0 Å². The molecule has 0 fully saturated rings. The molecule has 0 bridgehead atoms. The molecule has 48 valence electrons. The van der Waals surface area contributed by atoms with E-state index in [9.17, 15) is 0 Å². The van der Waals surface area contributed by atoms with Gasteiger partial charge in [0.2, 0.25) is 0 Å². The van der Waals surface area contributed by atoms with E-state index >= 15 is 0 Å². The molecule has 9 heavy (non-hydrogen) atoms. The van der Waals surface area contributed by atoms with Crippen molar-refractivity contribution in [2.24, 2.45) is 16.5 Å². The molecule has 1 aliphatic rings. The maximum atomic E-state index is 7.11. The summed E-state index contributed by atoms with van der Waals surface area (Å²) in [6.07, 6.45) is 1.52. The molecular formula is C5H8N4. The summed E-state index contributed by atoms with van der Waals surface area (Å²) in [6.45, 7) is 0.425. The Bertz CT molecular complexity index is 201. The van der Waals surface area contributed by atoms with Gasteiger partial charge in [-0.15, -0.1) is 0 Å². The number of rotatable bonds is 0. The van der Waals surface area contributed by atoms with Crippen LogP contribution in [0.5, 0.6) is 0 Å². The summed E-state index contributed by atoms with van der Waals surface area (Å²) in [5.74, 6) is 0.268. The summed E-state index contributed by atoms with van der Waals surface area (Å²) in [7, 11) is 0. The third-order valence-electron chi connectivity index (χ3n) is 1.04.